The van der Waals surface area contributed by atoms with Gasteiger partial charge in [-0.15, -0.1) is 0 Å². The van der Waals surface area contributed by atoms with Crippen molar-refractivity contribution in [3.8, 4) is 16.9 Å². The van der Waals surface area contributed by atoms with Crippen LogP contribution < -0.4 is 4.74 Å². The lowest BCUT2D eigenvalue weighted by Crippen LogP contribution is -2.15. The predicted molar refractivity (Wildman–Crippen MR) is 151 cm³/mol. The monoisotopic (exact) mass is 548 g/mol. The molecule has 1 fully saturated rings. The zero-order valence-electron chi connectivity index (χ0n) is 23.1. The van der Waals surface area contributed by atoms with Gasteiger partial charge in [-0.1, -0.05) is 57.2 Å². The summed E-state index contributed by atoms with van der Waals surface area (Å²) in [4.78, 5) is 11.5. The van der Waals surface area contributed by atoms with Crippen LogP contribution in [0.2, 0.25) is 0 Å². The topological polar surface area (TPSA) is 46.5 Å². The van der Waals surface area contributed by atoms with Crippen molar-refractivity contribution in [1.29, 1.82) is 0 Å². The molecule has 0 aromatic heterocycles. The molecule has 0 bridgehead atoms. The lowest BCUT2D eigenvalue weighted by Gasteiger charge is -2.26. The molecule has 1 N–H and O–H groups in total. The van der Waals surface area contributed by atoms with Gasteiger partial charge in [0.2, 0.25) is 0 Å². The molecule has 0 saturated heterocycles. The highest BCUT2D eigenvalue weighted by molar-refractivity contribution is 5.85. The quantitative estimate of drug-likeness (QED) is 0.274. The number of ether oxygens (including phenoxy) is 1. The molecule has 3 nitrogen and oxygen atoms in total. The standard InChI is InChI=1S/C34H35F3O3/c1-33(2)13-5-8-28(33)26-16-21(9-11-25(26)27-18-23(32(36)37)10-12-30(27)35)20-40-24-7-4-6-22(17-24)29(19-31(38)39)34(3)14-15-34/h4,6-12,16-18,29,32H,5,13-15,19-20H2,1-3H3,(H,38,39)/t29-/m1/s1. The maximum atomic E-state index is 15.0. The minimum atomic E-state index is -2.69. The van der Waals surface area contributed by atoms with Crippen LogP contribution >= 0.6 is 0 Å². The van der Waals surface area contributed by atoms with E-state index in [0.29, 0.717) is 11.3 Å². The van der Waals surface area contributed by atoms with Crippen molar-refractivity contribution in [2.24, 2.45) is 10.8 Å². The molecule has 210 valence electrons. The van der Waals surface area contributed by atoms with E-state index in [-0.39, 0.29) is 40.9 Å². The summed E-state index contributed by atoms with van der Waals surface area (Å²) in [6.07, 6.45) is 3.42. The molecule has 5 rings (SSSR count). The zero-order chi connectivity index (χ0) is 28.7. The predicted octanol–water partition coefficient (Wildman–Crippen LogP) is 9.57. The minimum absolute atomic E-state index is 0.000447. The minimum Gasteiger partial charge on any atom is -0.489 e. The fourth-order valence-corrected chi connectivity index (χ4v) is 5.96. The molecule has 1 atom stereocenters. The Kier molecular flexibility index (Phi) is 7.56. The Morgan fingerprint density at radius 2 is 1.70 bits per heavy atom. The van der Waals surface area contributed by atoms with Gasteiger partial charge in [-0.05, 0) is 101 Å². The summed E-state index contributed by atoms with van der Waals surface area (Å²) in [5.41, 5.74) is 4.12. The van der Waals surface area contributed by atoms with Crippen LogP contribution in [0.1, 0.15) is 87.5 Å². The molecule has 0 spiro atoms. The number of halogens is 3. The lowest BCUT2D eigenvalue weighted by atomic mass is 9.79. The van der Waals surface area contributed by atoms with Crippen molar-refractivity contribution in [3.05, 3.63) is 94.8 Å². The van der Waals surface area contributed by atoms with E-state index >= 15 is 0 Å². The average Bonchev–Trinajstić information content (AvgIpc) is 3.56. The highest BCUT2D eigenvalue weighted by Gasteiger charge is 2.46. The molecule has 2 aliphatic rings. The molecule has 0 aliphatic heterocycles. The first-order valence-corrected chi connectivity index (χ1v) is 13.8. The van der Waals surface area contributed by atoms with Crippen LogP contribution in [-0.2, 0) is 11.4 Å². The van der Waals surface area contributed by atoms with Crippen LogP contribution in [0.15, 0.2) is 66.7 Å². The smallest absolute Gasteiger partial charge is 0.303 e. The second kappa shape index (κ2) is 10.8. The maximum absolute atomic E-state index is 15.0. The van der Waals surface area contributed by atoms with E-state index in [1.807, 2.05) is 36.4 Å². The largest absolute Gasteiger partial charge is 0.489 e. The molecule has 0 heterocycles. The number of hydrogen-bond acceptors (Lipinski definition) is 2. The number of alkyl halides is 2. The van der Waals surface area contributed by atoms with Gasteiger partial charge in [0, 0.05) is 11.1 Å². The number of benzene rings is 3. The first kappa shape index (κ1) is 28.0. The summed E-state index contributed by atoms with van der Waals surface area (Å²) in [5.74, 6) is -0.770. The van der Waals surface area contributed by atoms with Gasteiger partial charge in [0.25, 0.3) is 6.43 Å². The van der Waals surface area contributed by atoms with Crippen LogP contribution in [-0.4, -0.2) is 11.1 Å². The fraction of sp³-hybridized carbons (Fsp3) is 0.382. The van der Waals surface area contributed by atoms with E-state index in [2.05, 4.69) is 26.8 Å². The Bertz CT molecular complexity index is 1450. The Balaban J connectivity index is 1.46. The molecule has 0 amide bonds. The number of hydrogen-bond donors (Lipinski definition) is 1. The molecule has 0 unspecified atom stereocenters. The van der Waals surface area contributed by atoms with E-state index in [1.165, 1.54) is 6.07 Å². The van der Waals surface area contributed by atoms with E-state index < -0.39 is 18.2 Å². The summed E-state index contributed by atoms with van der Waals surface area (Å²) < 4.78 is 48.1. The summed E-state index contributed by atoms with van der Waals surface area (Å²) in [6.45, 7) is 6.68. The van der Waals surface area contributed by atoms with Gasteiger partial charge < -0.3 is 9.84 Å². The summed E-state index contributed by atoms with van der Waals surface area (Å²) in [6, 6.07) is 16.8. The molecule has 1 saturated carbocycles. The third kappa shape index (κ3) is 5.81. The van der Waals surface area contributed by atoms with Gasteiger partial charge in [0.1, 0.15) is 18.2 Å². The fourth-order valence-electron chi connectivity index (χ4n) is 5.96. The van der Waals surface area contributed by atoms with Crippen molar-refractivity contribution < 1.29 is 27.8 Å². The number of carboxylic acid groups (broad SMARTS) is 1. The average molecular weight is 549 g/mol. The number of rotatable bonds is 10. The number of allylic oxidation sites excluding steroid dienone is 2. The normalized spacial score (nSPS) is 17.9. The molecule has 2 aliphatic carbocycles. The van der Waals surface area contributed by atoms with Gasteiger partial charge in [-0.2, -0.15) is 0 Å². The highest BCUT2D eigenvalue weighted by Crippen LogP contribution is 2.57. The molecule has 0 radical (unpaired) electrons. The molecule has 3 aromatic carbocycles. The second-order valence-corrected chi connectivity index (χ2v) is 12.1. The zero-order valence-corrected chi connectivity index (χ0v) is 23.1. The van der Waals surface area contributed by atoms with Gasteiger partial charge in [0.05, 0.1) is 6.42 Å². The SMILES string of the molecule is CC1(C)CCC=C1c1cc(COc2cccc([C@@H](CC(=O)O)C3(C)CC3)c2)ccc1-c1cc(C(F)F)ccc1F. The maximum Gasteiger partial charge on any atom is 0.303 e. The molecule has 3 aromatic rings. The van der Waals surface area contributed by atoms with Crippen molar-refractivity contribution >= 4 is 11.5 Å². The molecular formula is C34H35F3O3. The van der Waals surface area contributed by atoms with Gasteiger partial charge in [-0.3, -0.25) is 4.79 Å². The van der Waals surface area contributed by atoms with Crippen molar-refractivity contribution in [2.75, 3.05) is 0 Å². The number of aliphatic carboxylic acids is 1. The number of carboxylic acids is 1. The Morgan fingerprint density at radius 3 is 2.35 bits per heavy atom. The van der Waals surface area contributed by atoms with Crippen LogP contribution in [0, 0.1) is 16.6 Å². The van der Waals surface area contributed by atoms with Gasteiger partial charge in [-0.25, -0.2) is 13.2 Å². The summed E-state index contributed by atoms with van der Waals surface area (Å²) in [5, 5.41) is 9.48. The summed E-state index contributed by atoms with van der Waals surface area (Å²) >= 11 is 0. The Labute approximate surface area is 233 Å². The van der Waals surface area contributed by atoms with Crippen molar-refractivity contribution in [2.45, 2.75) is 71.8 Å². The Hall–Kier alpha value is -3.54. The van der Waals surface area contributed by atoms with E-state index in [0.717, 1.165) is 60.1 Å². The van der Waals surface area contributed by atoms with Crippen molar-refractivity contribution in [1.82, 2.24) is 0 Å². The van der Waals surface area contributed by atoms with E-state index in [9.17, 15) is 23.1 Å². The van der Waals surface area contributed by atoms with Crippen LogP contribution in [0.4, 0.5) is 13.2 Å². The number of carbonyl (C=O) groups is 1. The molecular weight excluding hydrogens is 513 g/mol. The molecule has 6 heteroatoms. The van der Waals surface area contributed by atoms with Gasteiger partial charge in [0.15, 0.2) is 0 Å². The first-order chi connectivity index (χ1) is 19.0. The highest BCUT2D eigenvalue weighted by atomic mass is 19.3. The third-order valence-corrected chi connectivity index (χ3v) is 8.68. The Morgan fingerprint density at radius 1 is 0.925 bits per heavy atom. The lowest BCUT2D eigenvalue weighted by molar-refractivity contribution is -0.137. The molecule has 40 heavy (non-hydrogen) atoms. The van der Waals surface area contributed by atoms with Crippen LogP contribution in [0.25, 0.3) is 16.7 Å². The van der Waals surface area contributed by atoms with Gasteiger partial charge >= 0.3 is 5.97 Å². The van der Waals surface area contributed by atoms with Crippen LogP contribution in [0.5, 0.6) is 5.75 Å². The van der Waals surface area contributed by atoms with E-state index in [4.69, 9.17) is 4.74 Å². The van der Waals surface area contributed by atoms with Crippen molar-refractivity contribution in [3.63, 3.8) is 0 Å². The van der Waals surface area contributed by atoms with E-state index in [1.54, 1.807) is 6.07 Å². The first-order valence-electron chi connectivity index (χ1n) is 13.8. The van der Waals surface area contributed by atoms with Crippen LogP contribution in [0.3, 0.4) is 0 Å². The second-order valence-electron chi connectivity index (χ2n) is 12.1. The third-order valence-electron chi connectivity index (χ3n) is 8.68. The summed E-state index contributed by atoms with van der Waals surface area (Å²) in [7, 11) is 0.